The Morgan fingerprint density at radius 1 is 1.35 bits per heavy atom. The van der Waals surface area contributed by atoms with Crippen LogP contribution >= 0.6 is 11.6 Å². The molecule has 2 heterocycles. The summed E-state index contributed by atoms with van der Waals surface area (Å²) >= 11 is 6.18. The second-order valence-electron chi connectivity index (χ2n) is 4.64. The van der Waals surface area contributed by atoms with E-state index < -0.39 is 11.4 Å². The zero-order valence-corrected chi connectivity index (χ0v) is 12.2. The average Bonchev–Trinajstić information content (AvgIpc) is 2.81. The van der Waals surface area contributed by atoms with Crippen molar-refractivity contribution in [2.45, 2.75) is 38.8 Å². The Balaban J connectivity index is 2.55. The minimum absolute atomic E-state index is 0.362. The zero-order chi connectivity index (χ0) is 14.8. The molecule has 0 saturated heterocycles. The van der Waals surface area contributed by atoms with Crippen LogP contribution in [0.5, 0.6) is 0 Å². The molecule has 2 aromatic rings. The summed E-state index contributed by atoms with van der Waals surface area (Å²) in [5.41, 5.74) is -0.514. The molecule has 2 rings (SSSR count). The molecule has 2 aromatic heterocycles. The van der Waals surface area contributed by atoms with Crippen molar-refractivity contribution in [3.63, 3.8) is 0 Å². The van der Waals surface area contributed by atoms with E-state index in [4.69, 9.17) is 11.6 Å². The molecule has 0 aromatic carbocycles. The maximum absolute atomic E-state index is 13.0. The van der Waals surface area contributed by atoms with Gasteiger partial charge in [0, 0.05) is 6.54 Å². The van der Waals surface area contributed by atoms with E-state index in [1.807, 2.05) is 13.8 Å². The fraction of sp³-hybridized carbons (Fsp3) is 0.429. The minimum Gasteiger partial charge on any atom is -0.377 e. The Hall–Kier alpha value is -1.46. The lowest BCUT2D eigenvalue weighted by atomic mass is 9.91. The predicted molar refractivity (Wildman–Crippen MR) is 75.0 cm³/mol. The van der Waals surface area contributed by atoms with Crippen LogP contribution in [0.1, 0.15) is 38.1 Å². The summed E-state index contributed by atoms with van der Waals surface area (Å²) in [7, 11) is 0. The third-order valence-electron chi connectivity index (χ3n) is 3.28. The van der Waals surface area contributed by atoms with E-state index in [1.54, 1.807) is 4.68 Å². The number of pyridine rings is 1. The van der Waals surface area contributed by atoms with Gasteiger partial charge in [0.2, 0.25) is 0 Å². The predicted octanol–water partition coefficient (Wildman–Crippen LogP) is 3.13. The standard InChI is InChI=1S/C14H17ClFN3O/c1-3-7-19-13(11(15)9-18-19)14(20,4-2)12-6-5-10(16)8-17-12/h5-6,8-9,20H,3-4,7H2,1-2H3. The molecule has 0 aliphatic rings. The number of aliphatic hydroxyl groups is 1. The summed E-state index contributed by atoms with van der Waals surface area (Å²) in [5, 5.41) is 15.6. The van der Waals surface area contributed by atoms with Gasteiger partial charge in [0.05, 0.1) is 28.8 Å². The highest BCUT2D eigenvalue weighted by molar-refractivity contribution is 6.31. The maximum Gasteiger partial charge on any atom is 0.149 e. The van der Waals surface area contributed by atoms with E-state index in [0.717, 1.165) is 12.6 Å². The van der Waals surface area contributed by atoms with Gasteiger partial charge in [0.25, 0.3) is 0 Å². The van der Waals surface area contributed by atoms with Crippen molar-refractivity contribution in [2.75, 3.05) is 0 Å². The van der Waals surface area contributed by atoms with Gasteiger partial charge in [-0.05, 0) is 25.0 Å². The molecule has 0 radical (unpaired) electrons. The molecule has 0 fully saturated rings. The van der Waals surface area contributed by atoms with Crippen molar-refractivity contribution in [1.29, 1.82) is 0 Å². The molecule has 4 nitrogen and oxygen atoms in total. The van der Waals surface area contributed by atoms with Gasteiger partial charge in [-0.2, -0.15) is 5.10 Å². The minimum atomic E-state index is -1.38. The largest absolute Gasteiger partial charge is 0.377 e. The molecule has 20 heavy (non-hydrogen) atoms. The number of halogens is 2. The maximum atomic E-state index is 13.0. The highest BCUT2D eigenvalue weighted by atomic mass is 35.5. The summed E-state index contributed by atoms with van der Waals surface area (Å²) in [6.07, 6.45) is 3.82. The van der Waals surface area contributed by atoms with Crippen molar-refractivity contribution in [1.82, 2.24) is 14.8 Å². The van der Waals surface area contributed by atoms with Crippen LogP contribution in [0, 0.1) is 5.82 Å². The quantitative estimate of drug-likeness (QED) is 0.922. The molecule has 0 spiro atoms. The second-order valence-corrected chi connectivity index (χ2v) is 5.05. The highest BCUT2D eigenvalue weighted by Crippen LogP contribution is 2.36. The summed E-state index contributed by atoms with van der Waals surface area (Å²) in [6.45, 7) is 4.48. The molecular formula is C14H17ClFN3O. The Morgan fingerprint density at radius 2 is 2.10 bits per heavy atom. The van der Waals surface area contributed by atoms with Gasteiger partial charge < -0.3 is 5.11 Å². The molecular weight excluding hydrogens is 281 g/mol. The van der Waals surface area contributed by atoms with E-state index in [-0.39, 0.29) is 0 Å². The van der Waals surface area contributed by atoms with E-state index in [1.165, 1.54) is 18.3 Å². The number of nitrogens with zero attached hydrogens (tertiary/aromatic N) is 3. The third kappa shape index (κ3) is 2.55. The number of aryl methyl sites for hydroxylation is 1. The SMILES string of the molecule is CCCn1ncc(Cl)c1C(O)(CC)c1ccc(F)cn1. The van der Waals surface area contributed by atoms with Crippen LogP contribution < -0.4 is 0 Å². The average molecular weight is 298 g/mol. The topological polar surface area (TPSA) is 50.9 Å². The molecule has 6 heteroatoms. The van der Waals surface area contributed by atoms with Crippen molar-refractivity contribution in [3.8, 4) is 0 Å². The third-order valence-corrected chi connectivity index (χ3v) is 3.56. The zero-order valence-electron chi connectivity index (χ0n) is 11.5. The van der Waals surface area contributed by atoms with Crippen molar-refractivity contribution < 1.29 is 9.50 Å². The van der Waals surface area contributed by atoms with Gasteiger partial charge in [-0.15, -0.1) is 0 Å². The van der Waals surface area contributed by atoms with Crippen LogP contribution in [0.4, 0.5) is 4.39 Å². The number of hydrogen-bond donors (Lipinski definition) is 1. The van der Waals surface area contributed by atoms with Gasteiger partial charge in [0.1, 0.15) is 11.4 Å². The monoisotopic (exact) mass is 297 g/mol. The molecule has 1 unspecified atom stereocenters. The van der Waals surface area contributed by atoms with Crippen LogP contribution in [-0.4, -0.2) is 19.9 Å². The Bertz CT molecular complexity index is 585. The van der Waals surface area contributed by atoms with Crippen LogP contribution in [0.3, 0.4) is 0 Å². The number of aromatic nitrogens is 3. The first-order valence-electron chi connectivity index (χ1n) is 6.59. The summed E-state index contributed by atoms with van der Waals surface area (Å²) in [5.74, 6) is -0.444. The van der Waals surface area contributed by atoms with Crippen LogP contribution in [0.2, 0.25) is 5.02 Å². The first-order chi connectivity index (χ1) is 9.52. The van der Waals surface area contributed by atoms with Crippen molar-refractivity contribution >= 4 is 11.6 Å². The van der Waals surface area contributed by atoms with Gasteiger partial charge in [-0.25, -0.2) is 4.39 Å². The normalized spacial score (nSPS) is 14.2. The summed E-state index contributed by atoms with van der Waals surface area (Å²) < 4.78 is 14.7. The molecule has 108 valence electrons. The van der Waals surface area contributed by atoms with Gasteiger partial charge in [0.15, 0.2) is 0 Å². The Morgan fingerprint density at radius 3 is 2.65 bits per heavy atom. The van der Waals surface area contributed by atoms with Crippen LogP contribution in [0.25, 0.3) is 0 Å². The molecule has 0 bridgehead atoms. The van der Waals surface area contributed by atoms with Crippen molar-refractivity contribution in [2.24, 2.45) is 0 Å². The van der Waals surface area contributed by atoms with E-state index in [2.05, 4.69) is 10.1 Å². The lowest BCUT2D eigenvalue weighted by Crippen LogP contribution is -2.31. The lowest BCUT2D eigenvalue weighted by molar-refractivity contribution is 0.0619. The first-order valence-corrected chi connectivity index (χ1v) is 6.97. The fourth-order valence-corrected chi connectivity index (χ4v) is 2.54. The lowest BCUT2D eigenvalue weighted by Gasteiger charge is -2.27. The summed E-state index contributed by atoms with van der Waals surface area (Å²) in [4.78, 5) is 3.99. The van der Waals surface area contributed by atoms with Gasteiger partial charge >= 0.3 is 0 Å². The highest BCUT2D eigenvalue weighted by Gasteiger charge is 2.36. The Labute approximate surface area is 122 Å². The van der Waals surface area contributed by atoms with Gasteiger partial charge in [-0.1, -0.05) is 25.4 Å². The van der Waals surface area contributed by atoms with E-state index in [0.29, 0.717) is 29.4 Å². The second kappa shape index (κ2) is 5.89. The van der Waals surface area contributed by atoms with E-state index in [9.17, 15) is 9.50 Å². The fourth-order valence-electron chi connectivity index (χ4n) is 2.25. The number of hydrogen-bond acceptors (Lipinski definition) is 3. The molecule has 0 amide bonds. The Kier molecular flexibility index (Phi) is 4.40. The molecule has 0 aliphatic heterocycles. The number of rotatable bonds is 5. The molecule has 1 N–H and O–H groups in total. The van der Waals surface area contributed by atoms with Crippen LogP contribution in [-0.2, 0) is 12.1 Å². The van der Waals surface area contributed by atoms with Crippen LogP contribution in [0.15, 0.2) is 24.5 Å². The first kappa shape index (κ1) is 14.9. The van der Waals surface area contributed by atoms with Gasteiger partial charge in [-0.3, -0.25) is 9.67 Å². The molecule has 0 saturated carbocycles. The van der Waals surface area contributed by atoms with Crippen molar-refractivity contribution in [3.05, 3.63) is 46.8 Å². The molecule has 1 atom stereocenters. The smallest absolute Gasteiger partial charge is 0.149 e. The molecule has 0 aliphatic carbocycles. The van der Waals surface area contributed by atoms with E-state index >= 15 is 0 Å². The summed E-state index contributed by atoms with van der Waals surface area (Å²) in [6, 6.07) is 2.75.